The van der Waals surface area contributed by atoms with Gasteiger partial charge in [0.15, 0.2) is 0 Å². The zero-order chi connectivity index (χ0) is 11.4. The minimum Gasteiger partial charge on any atom is -0.373 e. The standard InChI is InChI=1S/C14H19BrO/c1-11-5-4-7-13(9-11)16-10-12-6-2-3-8-14(12)15/h2-3,6,8,11,13H,4-5,7,9-10H2,1H3. The van der Waals surface area contributed by atoms with Gasteiger partial charge in [0, 0.05) is 4.47 Å². The first-order valence-electron chi connectivity index (χ1n) is 6.10. The predicted octanol–water partition coefficient (Wildman–Crippen LogP) is 4.54. The first kappa shape index (κ1) is 12.1. The van der Waals surface area contributed by atoms with Gasteiger partial charge in [-0.2, -0.15) is 0 Å². The van der Waals surface area contributed by atoms with Crippen LogP contribution in [0, 0.1) is 5.92 Å². The Kier molecular flexibility index (Phi) is 4.42. The van der Waals surface area contributed by atoms with E-state index in [1.54, 1.807) is 0 Å². The molecule has 1 aromatic rings. The van der Waals surface area contributed by atoms with Gasteiger partial charge in [-0.1, -0.05) is 53.9 Å². The third-order valence-corrected chi connectivity index (χ3v) is 4.09. The summed E-state index contributed by atoms with van der Waals surface area (Å²) >= 11 is 3.55. The van der Waals surface area contributed by atoms with Gasteiger partial charge in [-0.3, -0.25) is 0 Å². The molecule has 0 amide bonds. The fourth-order valence-electron chi connectivity index (χ4n) is 2.35. The fraction of sp³-hybridized carbons (Fsp3) is 0.571. The van der Waals surface area contributed by atoms with Crippen LogP contribution in [0.2, 0.25) is 0 Å². The summed E-state index contributed by atoms with van der Waals surface area (Å²) in [5, 5.41) is 0. The van der Waals surface area contributed by atoms with E-state index < -0.39 is 0 Å². The lowest BCUT2D eigenvalue weighted by Crippen LogP contribution is -2.21. The van der Waals surface area contributed by atoms with Crippen molar-refractivity contribution in [2.75, 3.05) is 0 Å². The van der Waals surface area contributed by atoms with E-state index in [4.69, 9.17) is 4.74 Å². The van der Waals surface area contributed by atoms with E-state index >= 15 is 0 Å². The van der Waals surface area contributed by atoms with Crippen LogP contribution in [0.15, 0.2) is 28.7 Å². The van der Waals surface area contributed by atoms with E-state index in [1.165, 1.54) is 31.2 Å². The third kappa shape index (κ3) is 3.33. The molecule has 2 atom stereocenters. The van der Waals surface area contributed by atoms with Gasteiger partial charge in [-0.05, 0) is 30.4 Å². The maximum Gasteiger partial charge on any atom is 0.0731 e. The molecule has 1 aliphatic rings. The summed E-state index contributed by atoms with van der Waals surface area (Å²) in [4.78, 5) is 0. The van der Waals surface area contributed by atoms with E-state index in [0.29, 0.717) is 6.10 Å². The fourth-order valence-corrected chi connectivity index (χ4v) is 2.75. The lowest BCUT2D eigenvalue weighted by atomic mass is 9.89. The first-order chi connectivity index (χ1) is 7.75. The summed E-state index contributed by atoms with van der Waals surface area (Å²) in [6.45, 7) is 3.06. The maximum absolute atomic E-state index is 5.99. The average Bonchev–Trinajstić information content (AvgIpc) is 2.28. The van der Waals surface area contributed by atoms with Crippen LogP contribution in [0.3, 0.4) is 0 Å². The molecule has 0 aromatic heterocycles. The third-order valence-electron chi connectivity index (χ3n) is 3.32. The summed E-state index contributed by atoms with van der Waals surface area (Å²) in [6.07, 6.45) is 5.62. The molecule has 1 aromatic carbocycles. The summed E-state index contributed by atoms with van der Waals surface area (Å²) in [5.74, 6) is 0.831. The lowest BCUT2D eigenvalue weighted by Gasteiger charge is -2.26. The number of benzene rings is 1. The molecular formula is C14H19BrO. The van der Waals surface area contributed by atoms with Gasteiger partial charge in [0.2, 0.25) is 0 Å². The number of halogens is 1. The van der Waals surface area contributed by atoms with Crippen LogP contribution < -0.4 is 0 Å². The molecule has 0 N–H and O–H groups in total. The Balaban J connectivity index is 1.85. The van der Waals surface area contributed by atoms with Gasteiger partial charge in [-0.25, -0.2) is 0 Å². The molecule has 88 valence electrons. The van der Waals surface area contributed by atoms with Crippen molar-refractivity contribution >= 4 is 15.9 Å². The quantitative estimate of drug-likeness (QED) is 0.791. The Bertz CT molecular complexity index is 337. The van der Waals surface area contributed by atoms with E-state index in [1.807, 2.05) is 6.07 Å². The molecule has 0 bridgehead atoms. The van der Waals surface area contributed by atoms with Crippen LogP contribution in [-0.4, -0.2) is 6.10 Å². The summed E-state index contributed by atoms with van der Waals surface area (Å²) < 4.78 is 7.14. The first-order valence-corrected chi connectivity index (χ1v) is 6.90. The highest BCUT2D eigenvalue weighted by molar-refractivity contribution is 9.10. The summed E-state index contributed by atoms with van der Waals surface area (Å²) in [7, 11) is 0. The van der Waals surface area contributed by atoms with Crippen molar-refractivity contribution in [2.45, 2.75) is 45.3 Å². The lowest BCUT2D eigenvalue weighted by molar-refractivity contribution is 0.00443. The normalized spacial score (nSPS) is 25.6. The SMILES string of the molecule is CC1CCCC(OCc2ccccc2Br)C1. The molecule has 0 spiro atoms. The van der Waals surface area contributed by atoms with Gasteiger partial charge in [0.25, 0.3) is 0 Å². The van der Waals surface area contributed by atoms with Crippen LogP contribution in [0.4, 0.5) is 0 Å². The Morgan fingerprint density at radius 1 is 1.31 bits per heavy atom. The van der Waals surface area contributed by atoms with Crippen molar-refractivity contribution in [1.29, 1.82) is 0 Å². The molecule has 0 saturated heterocycles. The predicted molar refractivity (Wildman–Crippen MR) is 70.4 cm³/mol. The Labute approximate surface area is 106 Å². The zero-order valence-corrected chi connectivity index (χ0v) is 11.4. The van der Waals surface area contributed by atoms with Crippen LogP contribution in [0.25, 0.3) is 0 Å². The second kappa shape index (κ2) is 5.83. The second-order valence-corrected chi connectivity index (χ2v) is 5.65. The van der Waals surface area contributed by atoms with E-state index in [-0.39, 0.29) is 0 Å². The van der Waals surface area contributed by atoms with Crippen molar-refractivity contribution < 1.29 is 4.74 Å². The van der Waals surface area contributed by atoms with Crippen molar-refractivity contribution in [3.8, 4) is 0 Å². The topological polar surface area (TPSA) is 9.23 Å². The second-order valence-electron chi connectivity index (χ2n) is 4.80. The molecule has 0 heterocycles. The average molecular weight is 283 g/mol. The van der Waals surface area contributed by atoms with Gasteiger partial charge in [0.1, 0.15) is 0 Å². The molecule has 1 aliphatic carbocycles. The number of rotatable bonds is 3. The van der Waals surface area contributed by atoms with Crippen molar-refractivity contribution in [3.05, 3.63) is 34.3 Å². The molecule has 1 fully saturated rings. The molecule has 0 radical (unpaired) electrons. The van der Waals surface area contributed by atoms with Crippen molar-refractivity contribution in [2.24, 2.45) is 5.92 Å². The van der Waals surface area contributed by atoms with E-state index in [9.17, 15) is 0 Å². The van der Waals surface area contributed by atoms with Crippen molar-refractivity contribution in [1.82, 2.24) is 0 Å². The largest absolute Gasteiger partial charge is 0.373 e. The zero-order valence-electron chi connectivity index (χ0n) is 9.79. The molecule has 2 unspecified atom stereocenters. The minimum absolute atomic E-state index is 0.468. The Hall–Kier alpha value is -0.340. The highest BCUT2D eigenvalue weighted by Gasteiger charge is 2.19. The van der Waals surface area contributed by atoms with Crippen LogP contribution in [0.5, 0.6) is 0 Å². The summed E-state index contributed by atoms with van der Waals surface area (Å²) in [6, 6.07) is 8.29. The van der Waals surface area contributed by atoms with Gasteiger partial charge in [0.05, 0.1) is 12.7 Å². The van der Waals surface area contributed by atoms with Gasteiger partial charge < -0.3 is 4.74 Å². The smallest absolute Gasteiger partial charge is 0.0731 e. The van der Waals surface area contributed by atoms with Crippen LogP contribution in [0.1, 0.15) is 38.2 Å². The molecule has 2 rings (SSSR count). The summed E-state index contributed by atoms with van der Waals surface area (Å²) in [5.41, 5.74) is 1.25. The minimum atomic E-state index is 0.468. The number of hydrogen-bond donors (Lipinski definition) is 0. The van der Waals surface area contributed by atoms with Crippen LogP contribution >= 0.6 is 15.9 Å². The molecule has 1 nitrogen and oxygen atoms in total. The van der Waals surface area contributed by atoms with Gasteiger partial charge in [-0.15, -0.1) is 0 Å². The maximum atomic E-state index is 5.99. The molecule has 0 aliphatic heterocycles. The van der Waals surface area contributed by atoms with Crippen molar-refractivity contribution in [3.63, 3.8) is 0 Å². The molecular weight excluding hydrogens is 264 g/mol. The number of hydrogen-bond acceptors (Lipinski definition) is 1. The van der Waals surface area contributed by atoms with E-state index in [2.05, 4.69) is 41.1 Å². The molecule has 16 heavy (non-hydrogen) atoms. The highest BCUT2D eigenvalue weighted by Crippen LogP contribution is 2.27. The highest BCUT2D eigenvalue weighted by atomic mass is 79.9. The molecule has 1 saturated carbocycles. The monoisotopic (exact) mass is 282 g/mol. The van der Waals surface area contributed by atoms with E-state index in [0.717, 1.165) is 17.0 Å². The van der Waals surface area contributed by atoms with Gasteiger partial charge >= 0.3 is 0 Å². The molecule has 2 heteroatoms. The number of ether oxygens (including phenoxy) is 1. The Morgan fingerprint density at radius 3 is 2.88 bits per heavy atom. The Morgan fingerprint density at radius 2 is 2.12 bits per heavy atom. The van der Waals surface area contributed by atoms with Crippen LogP contribution in [-0.2, 0) is 11.3 Å².